The minimum atomic E-state index is 0.180. The summed E-state index contributed by atoms with van der Waals surface area (Å²) in [6.07, 6.45) is 7.32. The van der Waals surface area contributed by atoms with Crippen LogP contribution in [0.15, 0.2) is 28.8 Å². The Bertz CT molecular complexity index is 1190. The highest BCUT2D eigenvalue weighted by Gasteiger charge is 2.51. The molecule has 6 nitrogen and oxygen atoms in total. The lowest BCUT2D eigenvalue weighted by Crippen LogP contribution is -2.37. The summed E-state index contributed by atoms with van der Waals surface area (Å²) in [7, 11) is 0. The average molecular weight is 433 g/mol. The molecule has 1 aliphatic heterocycles. The van der Waals surface area contributed by atoms with Gasteiger partial charge in [-0.25, -0.2) is 0 Å². The molecule has 0 radical (unpaired) electrons. The topological polar surface area (TPSA) is 75.0 Å². The summed E-state index contributed by atoms with van der Waals surface area (Å²) in [6.45, 7) is 7.93. The molecule has 1 saturated heterocycles. The summed E-state index contributed by atoms with van der Waals surface area (Å²) in [5.74, 6) is 2.27. The molecule has 2 aromatic heterocycles. The molecular formula is C26H32N4O2. The van der Waals surface area contributed by atoms with Crippen LogP contribution >= 0.6 is 0 Å². The van der Waals surface area contributed by atoms with Crippen LogP contribution in [0.2, 0.25) is 0 Å². The predicted molar refractivity (Wildman–Crippen MR) is 123 cm³/mol. The summed E-state index contributed by atoms with van der Waals surface area (Å²) >= 11 is 0. The van der Waals surface area contributed by atoms with E-state index in [9.17, 15) is 4.79 Å². The summed E-state index contributed by atoms with van der Waals surface area (Å²) in [4.78, 5) is 23.6. The minimum absolute atomic E-state index is 0.180. The molecule has 3 aliphatic rings. The number of carbonyl (C=O) groups excluding carboxylic acids is 1. The average Bonchev–Trinajstić information content (AvgIpc) is 3.23. The number of aromatic nitrogens is 3. The normalized spacial score (nSPS) is 26.7. The number of aromatic amines is 1. The van der Waals surface area contributed by atoms with Crippen molar-refractivity contribution in [1.29, 1.82) is 0 Å². The second-order valence-corrected chi connectivity index (χ2v) is 11.6. The molecule has 1 unspecified atom stereocenters. The maximum Gasteiger partial charge on any atom is 0.254 e. The first kappa shape index (κ1) is 20.0. The lowest BCUT2D eigenvalue weighted by molar-refractivity contribution is 0.0708. The number of fused-ring (bicyclic) bond motifs is 3. The number of carbonyl (C=O) groups is 1. The summed E-state index contributed by atoms with van der Waals surface area (Å²) in [5.41, 5.74) is 3.55. The van der Waals surface area contributed by atoms with Crippen molar-refractivity contribution in [3.8, 4) is 0 Å². The molecule has 2 saturated carbocycles. The Labute approximate surface area is 188 Å². The fourth-order valence-electron chi connectivity index (χ4n) is 6.44. The van der Waals surface area contributed by atoms with Crippen molar-refractivity contribution in [2.45, 2.75) is 77.7 Å². The SMILES string of the molecule is CC1(C)C[C@@H]2CC(C)(CN2C(=O)c2ccc3[nH]c(CCc4nc(C5CC5)no4)cc3c2)C1. The number of aryl methyl sites for hydroxylation is 2. The van der Waals surface area contributed by atoms with Gasteiger partial charge in [-0.1, -0.05) is 25.9 Å². The molecule has 3 heterocycles. The van der Waals surface area contributed by atoms with E-state index >= 15 is 0 Å². The highest BCUT2D eigenvalue weighted by molar-refractivity contribution is 5.98. The Kier molecular flexibility index (Phi) is 4.33. The zero-order valence-electron chi connectivity index (χ0n) is 19.3. The smallest absolute Gasteiger partial charge is 0.254 e. The molecular weight excluding hydrogens is 400 g/mol. The van der Waals surface area contributed by atoms with Crippen molar-refractivity contribution in [3.63, 3.8) is 0 Å². The lowest BCUT2D eigenvalue weighted by atomic mass is 9.65. The second-order valence-electron chi connectivity index (χ2n) is 11.6. The van der Waals surface area contributed by atoms with Crippen LogP contribution in [-0.4, -0.2) is 38.5 Å². The zero-order valence-corrected chi connectivity index (χ0v) is 19.3. The molecule has 3 fully saturated rings. The van der Waals surface area contributed by atoms with Gasteiger partial charge in [-0.15, -0.1) is 0 Å². The van der Waals surface area contributed by atoms with E-state index in [1.807, 2.05) is 18.2 Å². The fraction of sp³-hybridized carbons (Fsp3) is 0.577. The third-order valence-corrected chi connectivity index (χ3v) is 7.63. The lowest BCUT2D eigenvalue weighted by Gasteiger charge is -2.39. The van der Waals surface area contributed by atoms with E-state index in [4.69, 9.17) is 4.52 Å². The van der Waals surface area contributed by atoms with Crippen LogP contribution in [-0.2, 0) is 12.8 Å². The second kappa shape index (κ2) is 6.93. The van der Waals surface area contributed by atoms with Gasteiger partial charge in [-0.05, 0) is 73.6 Å². The van der Waals surface area contributed by atoms with Gasteiger partial charge >= 0.3 is 0 Å². The summed E-state index contributed by atoms with van der Waals surface area (Å²) in [6, 6.07) is 8.57. The van der Waals surface area contributed by atoms with Gasteiger partial charge in [-0.3, -0.25) is 4.79 Å². The van der Waals surface area contributed by atoms with Crippen molar-refractivity contribution >= 4 is 16.8 Å². The third kappa shape index (κ3) is 3.63. The van der Waals surface area contributed by atoms with Crippen molar-refractivity contribution in [1.82, 2.24) is 20.0 Å². The molecule has 168 valence electrons. The first-order valence-corrected chi connectivity index (χ1v) is 12.0. The van der Waals surface area contributed by atoms with E-state index in [-0.39, 0.29) is 11.3 Å². The molecule has 32 heavy (non-hydrogen) atoms. The quantitative estimate of drug-likeness (QED) is 0.597. The number of nitrogens with zero attached hydrogens (tertiary/aromatic N) is 3. The third-order valence-electron chi connectivity index (χ3n) is 7.63. The Morgan fingerprint density at radius 3 is 2.84 bits per heavy atom. The van der Waals surface area contributed by atoms with Crippen molar-refractivity contribution < 1.29 is 9.32 Å². The van der Waals surface area contributed by atoms with Crippen molar-refractivity contribution in [3.05, 3.63) is 47.2 Å². The van der Waals surface area contributed by atoms with E-state index in [1.165, 1.54) is 19.3 Å². The number of hydrogen-bond acceptors (Lipinski definition) is 4. The van der Waals surface area contributed by atoms with Crippen LogP contribution in [0.1, 0.15) is 86.6 Å². The standard InChI is InChI=1S/C26H32N4O2/c1-25(2)12-20-13-26(3,14-25)15-30(20)24(31)17-6-8-21-18(10-17)11-19(27-21)7-9-22-28-23(29-32-22)16-4-5-16/h6,8,10-11,16,20,27H,4-5,7,9,12-15H2,1-3H3/t20-,26?/m1/s1. The maximum atomic E-state index is 13.5. The van der Waals surface area contributed by atoms with Crippen LogP contribution < -0.4 is 0 Å². The van der Waals surface area contributed by atoms with Crippen LogP contribution in [0.4, 0.5) is 0 Å². The molecule has 1 aromatic carbocycles. The Hall–Kier alpha value is -2.63. The Morgan fingerprint density at radius 2 is 2.03 bits per heavy atom. The first-order chi connectivity index (χ1) is 15.3. The van der Waals surface area contributed by atoms with Crippen LogP contribution in [0.3, 0.4) is 0 Å². The minimum Gasteiger partial charge on any atom is -0.358 e. The Balaban J connectivity index is 1.17. The number of benzene rings is 1. The van der Waals surface area contributed by atoms with Crippen LogP contribution in [0, 0.1) is 10.8 Å². The summed E-state index contributed by atoms with van der Waals surface area (Å²) in [5, 5.41) is 5.19. The van der Waals surface area contributed by atoms with Crippen molar-refractivity contribution in [2.75, 3.05) is 6.54 Å². The molecule has 1 amide bonds. The predicted octanol–water partition coefficient (Wildman–Crippen LogP) is 5.25. The number of H-pyrrole nitrogens is 1. The summed E-state index contributed by atoms with van der Waals surface area (Å²) < 4.78 is 5.40. The zero-order chi connectivity index (χ0) is 22.1. The molecule has 2 aliphatic carbocycles. The largest absolute Gasteiger partial charge is 0.358 e. The molecule has 2 atom stereocenters. The van der Waals surface area contributed by atoms with Gasteiger partial charge in [-0.2, -0.15) is 4.98 Å². The van der Waals surface area contributed by atoms with Gasteiger partial charge in [0, 0.05) is 47.1 Å². The van der Waals surface area contributed by atoms with Crippen molar-refractivity contribution in [2.24, 2.45) is 10.8 Å². The number of rotatable bonds is 5. The van der Waals surface area contributed by atoms with E-state index in [0.29, 0.717) is 23.3 Å². The van der Waals surface area contributed by atoms with E-state index in [0.717, 1.165) is 60.2 Å². The van der Waals surface area contributed by atoms with Gasteiger partial charge in [0.05, 0.1) is 0 Å². The monoisotopic (exact) mass is 432 g/mol. The molecule has 2 bridgehead atoms. The van der Waals surface area contributed by atoms with Gasteiger partial charge in [0.25, 0.3) is 5.91 Å². The fourth-order valence-corrected chi connectivity index (χ4v) is 6.44. The van der Waals surface area contributed by atoms with E-state index in [1.54, 1.807) is 0 Å². The van der Waals surface area contributed by atoms with Crippen LogP contribution in [0.5, 0.6) is 0 Å². The number of hydrogen-bond donors (Lipinski definition) is 1. The van der Waals surface area contributed by atoms with Gasteiger partial charge in [0.2, 0.25) is 5.89 Å². The van der Waals surface area contributed by atoms with E-state index < -0.39 is 0 Å². The molecule has 1 N–H and O–H groups in total. The molecule has 6 rings (SSSR count). The van der Waals surface area contributed by atoms with Gasteiger partial charge in [0.1, 0.15) is 0 Å². The van der Waals surface area contributed by atoms with Gasteiger partial charge < -0.3 is 14.4 Å². The number of nitrogens with one attached hydrogen (secondary N) is 1. The van der Waals surface area contributed by atoms with E-state index in [2.05, 4.69) is 46.9 Å². The maximum absolute atomic E-state index is 13.5. The molecule has 3 aromatic rings. The van der Waals surface area contributed by atoms with Crippen LogP contribution in [0.25, 0.3) is 10.9 Å². The Morgan fingerprint density at radius 1 is 1.19 bits per heavy atom. The first-order valence-electron chi connectivity index (χ1n) is 12.0. The molecule has 6 heteroatoms. The highest BCUT2D eigenvalue weighted by atomic mass is 16.5. The number of likely N-dealkylation sites (tertiary alicyclic amines) is 1. The molecule has 0 spiro atoms. The highest BCUT2D eigenvalue weighted by Crippen LogP contribution is 2.52. The van der Waals surface area contributed by atoms with Gasteiger partial charge in [0.15, 0.2) is 5.82 Å². The number of amides is 1.